The molecule has 0 bridgehead atoms. The highest BCUT2D eigenvalue weighted by molar-refractivity contribution is 9.12. The van der Waals surface area contributed by atoms with E-state index in [2.05, 4.69) is 15.9 Å². The maximum Gasteiger partial charge on any atom is 0.179 e. The Bertz CT molecular complexity index is 293. The minimum absolute atomic E-state index is 0.0234. The van der Waals surface area contributed by atoms with Gasteiger partial charge >= 0.3 is 0 Å². The summed E-state index contributed by atoms with van der Waals surface area (Å²) >= 11 is 15.3. The van der Waals surface area contributed by atoms with Crippen molar-refractivity contribution in [1.29, 1.82) is 0 Å². The average Bonchev–Trinajstić information content (AvgIpc) is 2.12. The summed E-state index contributed by atoms with van der Waals surface area (Å²) in [6.07, 6.45) is 2.58. The Kier molecular flexibility index (Phi) is 3.10. The second-order valence-electron chi connectivity index (χ2n) is 3.62. The summed E-state index contributed by atoms with van der Waals surface area (Å²) in [5.41, 5.74) is 0. The number of carbonyl (C=O) groups excluding carboxylic acids is 1. The maximum atomic E-state index is 11.7. The molecule has 4 unspecified atom stereocenters. The summed E-state index contributed by atoms with van der Waals surface area (Å²) in [6.45, 7) is 0. The van der Waals surface area contributed by atoms with E-state index in [1.807, 2.05) is 0 Å². The number of ketones is 1. The first-order valence-electron chi connectivity index (χ1n) is 4.43. The standard InChI is InChI=1S/C9H9BrCl2O2/c10-6-3-14-9-5(8(6)13)1-4(11)2-7(9)12/h3-5,7,9H,1-2H2. The predicted molar refractivity (Wildman–Crippen MR) is 58.9 cm³/mol. The zero-order chi connectivity index (χ0) is 10.3. The number of Topliss-reactive ketones (excluding diaryl/α,β-unsaturated/α-hetero) is 1. The largest absolute Gasteiger partial charge is 0.494 e. The summed E-state index contributed by atoms with van der Waals surface area (Å²) in [7, 11) is 0. The normalized spacial score (nSPS) is 42.5. The molecule has 2 aliphatic rings. The molecule has 0 spiro atoms. The van der Waals surface area contributed by atoms with Crippen LogP contribution in [0.5, 0.6) is 0 Å². The van der Waals surface area contributed by atoms with E-state index in [0.717, 1.165) is 0 Å². The van der Waals surface area contributed by atoms with Crippen LogP contribution >= 0.6 is 39.1 Å². The Labute approximate surface area is 101 Å². The molecular formula is C9H9BrCl2O2. The number of allylic oxidation sites excluding steroid dienone is 1. The maximum absolute atomic E-state index is 11.7. The number of rotatable bonds is 0. The van der Waals surface area contributed by atoms with Crippen molar-refractivity contribution in [3.8, 4) is 0 Å². The molecule has 78 valence electrons. The van der Waals surface area contributed by atoms with Gasteiger partial charge in [-0.05, 0) is 28.8 Å². The second kappa shape index (κ2) is 4.03. The molecule has 1 aliphatic carbocycles. The molecular weight excluding hydrogens is 291 g/mol. The van der Waals surface area contributed by atoms with E-state index in [9.17, 15) is 4.79 Å². The van der Waals surface area contributed by atoms with Crippen molar-refractivity contribution < 1.29 is 9.53 Å². The minimum atomic E-state index is -0.208. The SMILES string of the molecule is O=C1C(Br)=COC2C(Cl)CC(Cl)CC12. The van der Waals surface area contributed by atoms with Gasteiger partial charge in [-0.2, -0.15) is 0 Å². The summed E-state index contributed by atoms with van der Waals surface area (Å²) in [6, 6.07) is 0. The molecule has 0 aromatic rings. The second-order valence-corrected chi connectivity index (χ2v) is 5.65. The molecule has 0 N–H and O–H groups in total. The van der Waals surface area contributed by atoms with Crippen LogP contribution in [0.2, 0.25) is 0 Å². The Morgan fingerprint density at radius 3 is 2.86 bits per heavy atom. The third kappa shape index (κ3) is 1.82. The smallest absolute Gasteiger partial charge is 0.179 e. The van der Waals surface area contributed by atoms with Crippen molar-refractivity contribution in [2.45, 2.75) is 29.7 Å². The van der Waals surface area contributed by atoms with E-state index in [1.165, 1.54) is 6.26 Å². The van der Waals surface area contributed by atoms with Crippen molar-refractivity contribution in [3.05, 3.63) is 10.7 Å². The van der Waals surface area contributed by atoms with Gasteiger partial charge in [0.1, 0.15) is 12.4 Å². The van der Waals surface area contributed by atoms with Gasteiger partial charge in [0.25, 0.3) is 0 Å². The van der Waals surface area contributed by atoms with Gasteiger partial charge in [0, 0.05) is 5.38 Å². The van der Waals surface area contributed by atoms with Crippen LogP contribution in [-0.2, 0) is 9.53 Å². The number of hydrogen-bond acceptors (Lipinski definition) is 2. The summed E-state index contributed by atoms with van der Waals surface area (Å²) in [4.78, 5) is 11.7. The van der Waals surface area contributed by atoms with Gasteiger partial charge < -0.3 is 4.74 Å². The molecule has 0 saturated heterocycles. The molecule has 4 atom stereocenters. The van der Waals surface area contributed by atoms with E-state index < -0.39 is 0 Å². The molecule has 0 aromatic carbocycles. The lowest BCUT2D eigenvalue weighted by Crippen LogP contribution is -2.45. The molecule has 1 fully saturated rings. The van der Waals surface area contributed by atoms with Crippen molar-refractivity contribution >= 4 is 44.9 Å². The predicted octanol–water partition coefficient (Wildman–Crippen LogP) is 2.82. The van der Waals surface area contributed by atoms with Crippen LogP contribution in [0.3, 0.4) is 0 Å². The first-order chi connectivity index (χ1) is 6.59. The van der Waals surface area contributed by atoms with E-state index in [4.69, 9.17) is 27.9 Å². The van der Waals surface area contributed by atoms with Gasteiger partial charge in [0.15, 0.2) is 5.78 Å². The van der Waals surface area contributed by atoms with Gasteiger partial charge in [-0.25, -0.2) is 0 Å². The Morgan fingerprint density at radius 2 is 2.14 bits per heavy atom. The number of fused-ring (bicyclic) bond motifs is 1. The number of ether oxygens (including phenoxy) is 1. The Hall–Kier alpha value is 0.270. The van der Waals surface area contributed by atoms with E-state index in [1.54, 1.807) is 0 Å². The fourth-order valence-corrected chi connectivity index (χ4v) is 3.27. The molecule has 1 heterocycles. The molecule has 5 heteroatoms. The van der Waals surface area contributed by atoms with Crippen LogP contribution in [0, 0.1) is 5.92 Å². The summed E-state index contributed by atoms with van der Waals surface area (Å²) in [5.74, 6) is -0.134. The molecule has 0 radical (unpaired) electrons. The minimum Gasteiger partial charge on any atom is -0.494 e. The molecule has 0 amide bonds. The van der Waals surface area contributed by atoms with Crippen LogP contribution < -0.4 is 0 Å². The third-order valence-corrected chi connectivity index (χ3v) is 4.01. The van der Waals surface area contributed by atoms with Crippen LogP contribution in [0.25, 0.3) is 0 Å². The van der Waals surface area contributed by atoms with Crippen LogP contribution in [-0.4, -0.2) is 22.6 Å². The Morgan fingerprint density at radius 1 is 1.43 bits per heavy atom. The van der Waals surface area contributed by atoms with Crippen LogP contribution in [0.15, 0.2) is 10.7 Å². The van der Waals surface area contributed by atoms with Gasteiger partial charge in [0.2, 0.25) is 0 Å². The van der Waals surface area contributed by atoms with Gasteiger partial charge in [-0.3, -0.25) is 4.79 Å². The number of carbonyl (C=O) groups is 1. The van der Waals surface area contributed by atoms with Crippen LogP contribution in [0.4, 0.5) is 0 Å². The molecule has 0 aromatic heterocycles. The lowest BCUT2D eigenvalue weighted by atomic mass is 9.82. The quantitative estimate of drug-likeness (QED) is 0.643. The monoisotopic (exact) mass is 298 g/mol. The average molecular weight is 300 g/mol. The van der Waals surface area contributed by atoms with Crippen molar-refractivity contribution in [2.24, 2.45) is 5.92 Å². The third-order valence-electron chi connectivity index (χ3n) is 2.64. The topological polar surface area (TPSA) is 26.3 Å². The van der Waals surface area contributed by atoms with E-state index in [0.29, 0.717) is 17.3 Å². The lowest BCUT2D eigenvalue weighted by molar-refractivity contribution is -0.125. The lowest BCUT2D eigenvalue weighted by Gasteiger charge is -2.37. The molecule has 2 rings (SSSR count). The highest BCUT2D eigenvalue weighted by Crippen LogP contribution is 2.38. The van der Waals surface area contributed by atoms with E-state index >= 15 is 0 Å². The molecule has 14 heavy (non-hydrogen) atoms. The van der Waals surface area contributed by atoms with Crippen LogP contribution in [0.1, 0.15) is 12.8 Å². The number of halogens is 3. The first kappa shape index (κ1) is 10.8. The first-order valence-corrected chi connectivity index (χ1v) is 6.09. The number of alkyl halides is 2. The van der Waals surface area contributed by atoms with E-state index in [-0.39, 0.29) is 28.6 Å². The van der Waals surface area contributed by atoms with Crippen molar-refractivity contribution in [1.82, 2.24) is 0 Å². The zero-order valence-electron chi connectivity index (χ0n) is 7.25. The summed E-state index contributed by atoms with van der Waals surface area (Å²) in [5, 5.41) is -0.193. The zero-order valence-corrected chi connectivity index (χ0v) is 10.3. The van der Waals surface area contributed by atoms with Gasteiger partial charge in [-0.15, -0.1) is 23.2 Å². The highest BCUT2D eigenvalue weighted by Gasteiger charge is 2.44. The summed E-state index contributed by atoms with van der Waals surface area (Å²) < 4.78 is 5.88. The molecule has 2 nitrogen and oxygen atoms in total. The van der Waals surface area contributed by atoms with Crippen molar-refractivity contribution in [2.75, 3.05) is 0 Å². The molecule has 1 aliphatic heterocycles. The van der Waals surface area contributed by atoms with Gasteiger partial charge in [-0.1, -0.05) is 0 Å². The Balaban J connectivity index is 2.23. The fourth-order valence-electron chi connectivity index (χ4n) is 1.95. The van der Waals surface area contributed by atoms with Gasteiger partial charge in [0.05, 0.1) is 15.8 Å². The highest BCUT2D eigenvalue weighted by atomic mass is 79.9. The molecule has 1 saturated carbocycles. The number of hydrogen-bond donors (Lipinski definition) is 0. The van der Waals surface area contributed by atoms with Crippen molar-refractivity contribution in [3.63, 3.8) is 0 Å². The fraction of sp³-hybridized carbons (Fsp3) is 0.667.